The summed E-state index contributed by atoms with van der Waals surface area (Å²) >= 11 is 5.66. The van der Waals surface area contributed by atoms with E-state index in [1.54, 1.807) is 6.07 Å². The Labute approximate surface area is 129 Å². The zero-order valence-electron chi connectivity index (χ0n) is 12.0. The third kappa shape index (κ3) is 4.73. The number of nitrogens with one attached hydrogen (secondary N) is 1. The highest BCUT2D eigenvalue weighted by atomic mass is 35.5. The molecule has 0 atom stereocenters. The van der Waals surface area contributed by atoms with E-state index in [9.17, 15) is 4.39 Å². The van der Waals surface area contributed by atoms with Crippen LogP contribution in [-0.4, -0.2) is 6.54 Å². The molecule has 2 nitrogen and oxygen atoms in total. The lowest BCUT2D eigenvalue weighted by atomic mass is 10.1. The van der Waals surface area contributed by atoms with Crippen molar-refractivity contribution < 1.29 is 9.13 Å². The van der Waals surface area contributed by atoms with E-state index in [4.69, 9.17) is 16.3 Å². The van der Waals surface area contributed by atoms with Gasteiger partial charge >= 0.3 is 0 Å². The van der Waals surface area contributed by atoms with Crippen LogP contribution < -0.4 is 10.1 Å². The van der Waals surface area contributed by atoms with Gasteiger partial charge in [-0.25, -0.2) is 4.39 Å². The summed E-state index contributed by atoms with van der Waals surface area (Å²) in [6, 6.07) is 12.6. The summed E-state index contributed by atoms with van der Waals surface area (Å²) < 4.78 is 19.0. The molecule has 112 valence electrons. The highest BCUT2D eigenvalue weighted by Gasteiger charge is 2.05. The van der Waals surface area contributed by atoms with Crippen LogP contribution in [0.4, 0.5) is 4.39 Å². The van der Waals surface area contributed by atoms with Crippen LogP contribution in [0.1, 0.15) is 24.5 Å². The van der Waals surface area contributed by atoms with Crippen molar-refractivity contribution in [3.8, 4) is 5.75 Å². The Balaban J connectivity index is 2.00. The molecule has 0 spiro atoms. The zero-order chi connectivity index (χ0) is 15.1. The lowest BCUT2D eigenvalue weighted by Crippen LogP contribution is -2.15. The van der Waals surface area contributed by atoms with Gasteiger partial charge in [-0.3, -0.25) is 0 Å². The molecule has 0 unspecified atom stereocenters. The molecule has 0 heterocycles. The first-order chi connectivity index (χ1) is 10.2. The van der Waals surface area contributed by atoms with Gasteiger partial charge in [0.25, 0.3) is 0 Å². The third-order valence-corrected chi connectivity index (χ3v) is 3.45. The van der Waals surface area contributed by atoms with Gasteiger partial charge in [-0.15, -0.1) is 0 Å². The van der Waals surface area contributed by atoms with Crippen molar-refractivity contribution in [3.63, 3.8) is 0 Å². The van der Waals surface area contributed by atoms with E-state index in [1.165, 1.54) is 17.7 Å². The van der Waals surface area contributed by atoms with Crippen molar-refractivity contribution in [2.24, 2.45) is 0 Å². The molecule has 21 heavy (non-hydrogen) atoms. The normalized spacial score (nSPS) is 10.6. The summed E-state index contributed by atoms with van der Waals surface area (Å²) in [4.78, 5) is 0. The molecule has 0 saturated heterocycles. The lowest BCUT2D eigenvalue weighted by Gasteiger charge is -2.12. The summed E-state index contributed by atoms with van der Waals surface area (Å²) in [7, 11) is 0. The van der Waals surface area contributed by atoms with Crippen LogP contribution in [0, 0.1) is 5.82 Å². The summed E-state index contributed by atoms with van der Waals surface area (Å²) in [5.74, 6) is 0.0142. The van der Waals surface area contributed by atoms with Crippen molar-refractivity contribution in [2.45, 2.75) is 26.5 Å². The second-order valence-corrected chi connectivity index (χ2v) is 5.22. The topological polar surface area (TPSA) is 21.3 Å². The first-order valence-corrected chi connectivity index (χ1v) is 7.44. The van der Waals surface area contributed by atoms with Gasteiger partial charge in [0.15, 0.2) is 0 Å². The van der Waals surface area contributed by atoms with Crippen molar-refractivity contribution in [2.75, 3.05) is 6.54 Å². The Morgan fingerprint density at radius 1 is 1.14 bits per heavy atom. The van der Waals surface area contributed by atoms with Gasteiger partial charge in [0.1, 0.15) is 18.2 Å². The minimum absolute atomic E-state index is 0.103. The fourth-order valence-electron chi connectivity index (χ4n) is 2.00. The molecule has 2 aromatic rings. The molecule has 2 aromatic carbocycles. The van der Waals surface area contributed by atoms with Crippen LogP contribution in [0.2, 0.25) is 5.02 Å². The summed E-state index contributed by atoms with van der Waals surface area (Å²) in [5, 5.41) is 3.48. The quantitative estimate of drug-likeness (QED) is 0.757. The minimum atomic E-state index is -0.466. The predicted octanol–water partition coefficient (Wildman–Crippen LogP) is 4.56. The van der Waals surface area contributed by atoms with Crippen molar-refractivity contribution in [1.82, 2.24) is 5.32 Å². The van der Waals surface area contributed by atoms with Crippen LogP contribution in [-0.2, 0) is 13.2 Å². The highest BCUT2D eigenvalue weighted by Crippen LogP contribution is 2.21. The van der Waals surface area contributed by atoms with Crippen LogP contribution in [0.15, 0.2) is 42.5 Å². The van der Waals surface area contributed by atoms with Gasteiger partial charge in [-0.1, -0.05) is 42.8 Å². The number of benzene rings is 2. The van der Waals surface area contributed by atoms with Crippen molar-refractivity contribution in [1.29, 1.82) is 0 Å². The zero-order valence-corrected chi connectivity index (χ0v) is 12.8. The minimum Gasteiger partial charge on any atom is -0.489 e. The molecule has 2 rings (SSSR count). The van der Waals surface area contributed by atoms with E-state index < -0.39 is 5.82 Å². The molecule has 4 heteroatoms. The number of halogens is 2. The Kier molecular flexibility index (Phi) is 6.03. The molecule has 0 aliphatic heterocycles. The second kappa shape index (κ2) is 8.01. The maximum atomic E-state index is 13.4. The van der Waals surface area contributed by atoms with Crippen LogP contribution in [0.5, 0.6) is 5.75 Å². The van der Waals surface area contributed by atoms with Gasteiger partial charge in [-0.2, -0.15) is 0 Å². The first kappa shape index (κ1) is 15.8. The second-order valence-electron chi connectivity index (χ2n) is 4.81. The third-order valence-electron chi connectivity index (χ3n) is 3.15. The highest BCUT2D eigenvalue weighted by molar-refractivity contribution is 6.30. The van der Waals surface area contributed by atoms with Gasteiger partial charge in [0, 0.05) is 12.6 Å². The molecule has 0 bridgehead atoms. The van der Waals surface area contributed by atoms with Gasteiger partial charge < -0.3 is 10.1 Å². The van der Waals surface area contributed by atoms with Crippen LogP contribution in [0.25, 0.3) is 0 Å². The fraction of sp³-hybridized carbons (Fsp3) is 0.294. The van der Waals surface area contributed by atoms with Crippen molar-refractivity contribution >= 4 is 11.6 Å². The maximum absolute atomic E-state index is 13.4. The molecule has 0 aliphatic rings. The molecule has 1 N–H and O–H groups in total. The van der Waals surface area contributed by atoms with E-state index in [0.29, 0.717) is 12.4 Å². The Hall–Kier alpha value is -1.58. The molecule has 0 amide bonds. The Morgan fingerprint density at radius 2 is 1.90 bits per heavy atom. The van der Waals surface area contributed by atoms with Crippen molar-refractivity contribution in [3.05, 3.63) is 64.4 Å². The monoisotopic (exact) mass is 307 g/mol. The van der Waals surface area contributed by atoms with E-state index >= 15 is 0 Å². The summed E-state index contributed by atoms with van der Waals surface area (Å²) in [5.41, 5.74) is 2.29. The maximum Gasteiger partial charge on any atom is 0.145 e. The summed E-state index contributed by atoms with van der Waals surface area (Å²) in [6.07, 6.45) is 1.10. The lowest BCUT2D eigenvalue weighted by molar-refractivity contribution is 0.303. The Morgan fingerprint density at radius 3 is 2.62 bits per heavy atom. The van der Waals surface area contributed by atoms with Gasteiger partial charge in [-0.05, 0) is 36.2 Å². The van der Waals surface area contributed by atoms with Gasteiger partial charge in [0.05, 0.1) is 5.02 Å². The molecular formula is C17H19ClFNO. The average molecular weight is 308 g/mol. The number of hydrogen-bond donors (Lipinski definition) is 1. The largest absolute Gasteiger partial charge is 0.489 e. The van der Waals surface area contributed by atoms with E-state index in [0.717, 1.165) is 25.1 Å². The molecule has 0 saturated carbocycles. The molecule has 0 aliphatic carbocycles. The van der Waals surface area contributed by atoms with Crippen LogP contribution >= 0.6 is 11.6 Å². The number of ether oxygens (including phenoxy) is 1. The molecular weight excluding hydrogens is 289 g/mol. The van der Waals surface area contributed by atoms with E-state index in [2.05, 4.69) is 18.3 Å². The SMILES string of the molecule is CCCNCc1ccccc1COc1ccc(Cl)c(F)c1. The summed E-state index contributed by atoms with van der Waals surface area (Å²) in [6.45, 7) is 4.34. The molecule has 0 aromatic heterocycles. The number of hydrogen-bond acceptors (Lipinski definition) is 2. The van der Waals surface area contributed by atoms with E-state index in [1.807, 2.05) is 18.2 Å². The molecule has 0 radical (unpaired) electrons. The van der Waals surface area contributed by atoms with E-state index in [-0.39, 0.29) is 5.02 Å². The van der Waals surface area contributed by atoms with Gasteiger partial charge in [0.2, 0.25) is 0 Å². The Bertz CT molecular complexity index is 589. The molecule has 0 fully saturated rings. The number of rotatable bonds is 7. The first-order valence-electron chi connectivity index (χ1n) is 7.06. The smallest absolute Gasteiger partial charge is 0.145 e. The standard InChI is InChI=1S/C17H19ClFNO/c1-2-9-20-11-13-5-3-4-6-14(13)12-21-15-7-8-16(18)17(19)10-15/h3-8,10,20H,2,9,11-12H2,1H3. The van der Waals surface area contributed by atoms with Crippen LogP contribution in [0.3, 0.4) is 0 Å². The fourth-order valence-corrected chi connectivity index (χ4v) is 2.12. The average Bonchev–Trinajstić information content (AvgIpc) is 2.50. The predicted molar refractivity (Wildman–Crippen MR) is 84.2 cm³/mol.